The van der Waals surface area contributed by atoms with Gasteiger partial charge in [-0.15, -0.1) is 11.3 Å². The fourth-order valence-electron chi connectivity index (χ4n) is 5.33. The Morgan fingerprint density at radius 3 is 2.41 bits per heavy atom. The standard InChI is InChI=1S/C31H38N4O5S/c1-21-5-8-25(41-21)20-33(3)30(38)26-16-27(29(37)17-28(26)36)31(39)35-18-22-6-7-24(15-23(22)19-35)40-14-4-9-34-12-10-32(2)11-13-34/h5-8,15-17,36-37H,4,9-14,18-20H2,1-3H3. The summed E-state index contributed by atoms with van der Waals surface area (Å²) in [6, 6.07) is 12.2. The molecule has 0 atom stereocenters. The minimum absolute atomic E-state index is 0.0142. The van der Waals surface area contributed by atoms with Crippen LogP contribution >= 0.6 is 11.3 Å². The third-order valence-electron chi connectivity index (χ3n) is 7.78. The van der Waals surface area contributed by atoms with Crippen molar-refractivity contribution >= 4 is 23.2 Å². The van der Waals surface area contributed by atoms with Crippen molar-refractivity contribution in [2.45, 2.75) is 33.0 Å². The van der Waals surface area contributed by atoms with Gasteiger partial charge in [0.25, 0.3) is 11.8 Å². The summed E-state index contributed by atoms with van der Waals surface area (Å²) in [5, 5.41) is 21.0. The summed E-state index contributed by atoms with van der Waals surface area (Å²) in [5.41, 5.74) is 1.98. The number of piperazine rings is 1. The summed E-state index contributed by atoms with van der Waals surface area (Å²) >= 11 is 1.60. The largest absolute Gasteiger partial charge is 0.507 e. The molecule has 1 saturated heterocycles. The minimum atomic E-state index is -0.429. The highest BCUT2D eigenvalue weighted by Gasteiger charge is 2.29. The predicted molar refractivity (Wildman–Crippen MR) is 159 cm³/mol. The van der Waals surface area contributed by atoms with Crippen LogP contribution in [0.15, 0.2) is 42.5 Å². The molecular weight excluding hydrogens is 540 g/mol. The SMILES string of the molecule is Cc1ccc(CN(C)C(=O)c2cc(C(=O)N3Cc4ccc(OCCCN5CCN(C)CC5)cc4C3)c(O)cc2O)s1. The van der Waals surface area contributed by atoms with E-state index in [0.29, 0.717) is 26.2 Å². The molecule has 41 heavy (non-hydrogen) atoms. The molecule has 2 aromatic carbocycles. The number of fused-ring (bicyclic) bond motifs is 1. The molecule has 0 radical (unpaired) electrons. The monoisotopic (exact) mass is 578 g/mol. The predicted octanol–water partition coefficient (Wildman–Crippen LogP) is 3.91. The highest BCUT2D eigenvalue weighted by Crippen LogP contribution is 2.33. The number of nitrogens with zero attached hydrogens (tertiary/aromatic N) is 4. The van der Waals surface area contributed by atoms with E-state index in [1.54, 1.807) is 23.3 Å². The van der Waals surface area contributed by atoms with E-state index in [4.69, 9.17) is 4.74 Å². The molecule has 3 aromatic rings. The molecule has 2 N–H and O–H groups in total. The van der Waals surface area contributed by atoms with Crippen LogP contribution in [0.25, 0.3) is 0 Å². The molecule has 9 nitrogen and oxygen atoms in total. The number of likely N-dealkylation sites (N-methyl/N-ethyl adjacent to an activating group) is 1. The summed E-state index contributed by atoms with van der Waals surface area (Å²) in [6.45, 7) is 9.18. The number of aryl methyl sites for hydroxylation is 1. The Kier molecular flexibility index (Phi) is 8.82. The Morgan fingerprint density at radius 1 is 0.951 bits per heavy atom. The van der Waals surface area contributed by atoms with Gasteiger partial charge >= 0.3 is 0 Å². The van der Waals surface area contributed by atoms with Crippen LogP contribution in [0.5, 0.6) is 17.2 Å². The van der Waals surface area contributed by atoms with Crippen LogP contribution in [0.4, 0.5) is 0 Å². The molecule has 2 aliphatic heterocycles. The average molecular weight is 579 g/mol. The first-order valence-electron chi connectivity index (χ1n) is 14.0. The van der Waals surface area contributed by atoms with E-state index in [2.05, 4.69) is 16.8 Å². The van der Waals surface area contributed by atoms with Crippen LogP contribution in [-0.4, -0.2) is 95.1 Å². The molecule has 10 heteroatoms. The van der Waals surface area contributed by atoms with E-state index in [0.717, 1.165) is 71.8 Å². The molecule has 5 rings (SSSR count). The van der Waals surface area contributed by atoms with E-state index in [-0.39, 0.29) is 22.6 Å². The second kappa shape index (κ2) is 12.5. The Morgan fingerprint density at radius 2 is 1.68 bits per heavy atom. The molecule has 3 heterocycles. The first kappa shape index (κ1) is 28.9. The van der Waals surface area contributed by atoms with E-state index < -0.39 is 11.8 Å². The normalized spacial score (nSPS) is 15.6. The maximum Gasteiger partial charge on any atom is 0.258 e. The van der Waals surface area contributed by atoms with Gasteiger partial charge < -0.3 is 34.5 Å². The van der Waals surface area contributed by atoms with Crippen molar-refractivity contribution in [3.63, 3.8) is 0 Å². The third kappa shape index (κ3) is 6.83. The lowest BCUT2D eigenvalue weighted by Crippen LogP contribution is -2.44. The zero-order valence-corrected chi connectivity index (χ0v) is 24.7. The molecule has 1 fully saturated rings. The molecule has 0 unspecified atom stereocenters. The van der Waals surface area contributed by atoms with Gasteiger partial charge in [-0.3, -0.25) is 9.59 Å². The first-order valence-corrected chi connectivity index (χ1v) is 14.8. The highest BCUT2D eigenvalue weighted by atomic mass is 32.1. The minimum Gasteiger partial charge on any atom is -0.507 e. The van der Waals surface area contributed by atoms with E-state index in [9.17, 15) is 19.8 Å². The van der Waals surface area contributed by atoms with E-state index in [1.165, 1.54) is 11.0 Å². The fraction of sp³-hybridized carbons (Fsp3) is 0.419. The number of hydrogen-bond acceptors (Lipinski definition) is 8. The maximum absolute atomic E-state index is 13.5. The maximum atomic E-state index is 13.5. The number of amides is 2. The Balaban J connectivity index is 1.20. The van der Waals surface area contributed by atoms with Gasteiger partial charge in [-0.1, -0.05) is 6.07 Å². The molecule has 0 bridgehead atoms. The van der Waals surface area contributed by atoms with Crippen molar-refractivity contribution in [3.05, 3.63) is 74.5 Å². The van der Waals surface area contributed by atoms with Gasteiger partial charge in [0.1, 0.15) is 17.2 Å². The van der Waals surface area contributed by atoms with Gasteiger partial charge in [-0.05, 0) is 61.9 Å². The van der Waals surface area contributed by atoms with Gasteiger partial charge in [-0.25, -0.2) is 0 Å². The number of thiophene rings is 1. The fourth-order valence-corrected chi connectivity index (χ4v) is 6.27. The Hall–Kier alpha value is -3.60. The van der Waals surface area contributed by atoms with Gasteiger partial charge in [0.05, 0.1) is 24.3 Å². The van der Waals surface area contributed by atoms with Crippen molar-refractivity contribution in [2.24, 2.45) is 0 Å². The number of phenolic OH excluding ortho intramolecular Hbond substituents is 2. The smallest absolute Gasteiger partial charge is 0.258 e. The van der Waals surface area contributed by atoms with Crippen molar-refractivity contribution in [1.82, 2.24) is 19.6 Å². The molecule has 1 aromatic heterocycles. The Bertz CT molecular complexity index is 1420. The van der Waals surface area contributed by atoms with Crippen molar-refractivity contribution < 1.29 is 24.5 Å². The number of benzene rings is 2. The van der Waals surface area contributed by atoms with Crippen LogP contribution in [0, 0.1) is 6.92 Å². The molecule has 218 valence electrons. The van der Waals surface area contributed by atoms with Crippen LogP contribution < -0.4 is 4.74 Å². The average Bonchev–Trinajstić information content (AvgIpc) is 3.56. The molecule has 0 saturated carbocycles. The van der Waals surface area contributed by atoms with Crippen molar-refractivity contribution in [1.29, 1.82) is 0 Å². The molecular formula is C31H38N4O5S. The molecule has 0 aliphatic carbocycles. The van der Waals surface area contributed by atoms with Crippen molar-refractivity contribution in [2.75, 3.05) is 53.4 Å². The quantitative estimate of drug-likeness (QED) is 0.372. The number of carbonyl (C=O) groups excluding carboxylic acids is 2. The number of ether oxygens (including phenoxy) is 1. The number of aromatic hydroxyl groups is 2. The van der Waals surface area contributed by atoms with Crippen LogP contribution in [0.2, 0.25) is 0 Å². The number of hydrogen-bond donors (Lipinski definition) is 2. The lowest BCUT2D eigenvalue weighted by molar-refractivity contribution is 0.0748. The van der Waals surface area contributed by atoms with E-state index >= 15 is 0 Å². The number of carbonyl (C=O) groups is 2. The summed E-state index contributed by atoms with van der Waals surface area (Å²) < 4.78 is 6.01. The zero-order chi connectivity index (χ0) is 29.1. The number of rotatable bonds is 9. The number of phenols is 2. The highest BCUT2D eigenvalue weighted by molar-refractivity contribution is 7.11. The Labute approximate surface area is 245 Å². The molecule has 2 amide bonds. The lowest BCUT2D eigenvalue weighted by Gasteiger charge is -2.32. The van der Waals surface area contributed by atoms with E-state index in [1.807, 2.05) is 37.3 Å². The summed E-state index contributed by atoms with van der Waals surface area (Å²) in [7, 11) is 3.80. The van der Waals surface area contributed by atoms with Gasteiger partial charge in [0.15, 0.2) is 0 Å². The zero-order valence-electron chi connectivity index (χ0n) is 23.9. The molecule has 0 spiro atoms. The van der Waals surface area contributed by atoms with Gasteiger partial charge in [0, 0.05) is 68.7 Å². The van der Waals surface area contributed by atoms with Crippen molar-refractivity contribution in [3.8, 4) is 17.2 Å². The summed E-state index contributed by atoms with van der Waals surface area (Å²) in [4.78, 5) is 36.7. The molecule has 2 aliphatic rings. The van der Waals surface area contributed by atoms with Crippen LogP contribution in [0.1, 0.15) is 48.0 Å². The third-order valence-corrected chi connectivity index (χ3v) is 8.77. The summed E-state index contributed by atoms with van der Waals surface area (Å²) in [5.74, 6) is -0.778. The lowest BCUT2D eigenvalue weighted by atomic mass is 10.1. The van der Waals surface area contributed by atoms with Gasteiger partial charge in [0.2, 0.25) is 0 Å². The first-order chi connectivity index (χ1) is 19.7. The second-order valence-corrected chi connectivity index (χ2v) is 12.4. The topological polar surface area (TPSA) is 96.8 Å². The second-order valence-electron chi connectivity index (χ2n) is 11.0. The van der Waals surface area contributed by atoms with Crippen LogP contribution in [-0.2, 0) is 19.6 Å². The van der Waals surface area contributed by atoms with Gasteiger partial charge in [-0.2, -0.15) is 0 Å². The summed E-state index contributed by atoms with van der Waals surface area (Å²) in [6.07, 6.45) is 0.953. The van der Waals surface area contributed by atoms with Crippen LogP contribution in [0.3, 0.4) is 0 Å².